The Labute approximate surface area is 255 Å². The Morgan fingerprint density at radius 2 is 1.14 bits per heavy atom. The zero-order chi connectivity index (χ0) is 28.2. The van der Waals surface area contributed by atoms with Crippen LogP contribution in [0.5, 0.6) is 0 Å². The summed E-state index contributed by atoms with van der Waals surface area (Å²) in [6.07, 6.45) is 8.21. The summed E-state index contributed by atoms with van der Waals surface area (Å²) in [6, 6.07) is 46.3. The van der Waals surface area contributed by atoms with Crippen molar-refractivity contribution >= 4 is 24.8 Å². The van der Waals surface area contributed by atoms with Crippen molar-refractivity contribution in [1.82, 2.24) is 0 Å². The molecule has 0 nitrogen and oxygen atoms in total. The number of benzene rings is 6. The molecule has 2 aliphatic carbocycles. The van der Waals surface area contributed by atoms with Crippen LogP contribution in [0.25, 0.3) is 32.7 Å². The number of hydrogen-bond acceptors (Lipinski definition) is 0. The third kappa shape index (κ3) is 4.10. The zero-order valence-electron chi connectivity index (χ0n) is 24.1. The summed E-state index contributed by atoms with van der Waals surface area (Å²) in [4.78, 5) is 0. The first-order valence-corrected chi connectivity index (χ1v) is 18.8. The molecule has 0 fully saturated rings. The van der Waals surface area contributed by atoms with Crippen LogP contribution in [0.2, 0.25) is 0 Å². The van der Waals surface area contributed by atoms with Gasteiger partial charge in [0, 0.05) is 0 Å². The molecule has 6 aromatic rings. The van der Waals surface area contributed by atoms with Gasteiger partial charge >= 0.3 is 257 Å². The number of fused-ring (bicyclic) bond motifs is 8. The second-order valence-corrected chi connectivity index (χ2v) is 18.0. The van der Waals surface area contributed by atoms with Crippen LogP contribution >= 0.6 is 0 Å². The van der Waals surface area contributed by atoms with E-state index in [1.807, 2.05) is 0 Å². The van der Waals surface area contributed by atoms with Crippen LogP contribution in [0, 0.1) is 13.8 Å². The summed E-state index contributed by atoms with van der Waals surface area (Å²) in [5, 5.41) is 5.53. The van der Waals surface area contributed by atoms with Crippen LogP contribution in [0.15, 0.2) is 143 Å². The Kier molecular flexibility index (Phi) is 6.38. The molecular formula is C41H32Zr. The van der Waals surface area contributed by atoms with Crippen molar-refractivity contribution in [1.29, 1.82) is 0 Å². The number of rotatable bonds is 4. The molecule has 0 spiro atoms. The van der Waals surface area contributed by atoms with Crippen LogP contribution in [0.4, 0.5) is 0 Å². The van der Waals surface area contributed by atoms with Crippen LogP contribution in [0.3, 0.4) is 0 Å². The molecule has 42 heavy (non-hydrogen) atoms. The fourth-order valence-electron chi connectivity index (χ4n) is 7.25. The van der Waals surface area contributed by atoms with Gasteiger partial charge in [0.1, 0.15) is 0 Å². The van der Waals surface area contributed by atoms with Gasteiger partial charge in [-0.1, -0.05) is 0 Å². The maximum absolute atomic E-state index is 2.74. The fourth-order valence-corrected chi connectivity index (χ4v) is 16.3. The average molecular weight is 616 g/mol. The predicted octanol–water partition coefficient (Wildman–Crippen LogP) is 10.4. The molecular weight excluding hydrogens is 584 g/mol. The van der Waals surface area contributed by atoms with Gasteiger partial charge in [-0.3, -0.25) is 0 Å². The van der Waals surface area contributed by atoms with E-state index in [0.29, 0.717) is 3.63 Å². The van der Waals surface area contributed by atoms with E-state index in [1.165, 1.54) is 60.5 Å². The molecule has 0 amide bonds. The van der Waals surface area contributed by atoms with Crippen molar-refractivity contribution in [2.75, 3.05) is 0 Å². The molecule has 0 saturated carbocycles. The molecule has 0 radical (unpaired) electrons. The Bertz CT molecular complexity index is 2060. The van der Waals surface area contributed by atoms with Crippen molar-refractivity contribution in [3.8, 4) is 11.1 Å². The normalized spacial score (nSPS) is 15.1. The molecule has 0 aromatic heterocycles. The van der Waals surface area contributed by atoms with Crippen molar-refractivity contribution in [3.05, 3.63) is 176 Å². The quantitative estimate of drug-likeness (QED) is 0.173. The molecule has 0 aliphatic heterocycles. The van der Waals surface area contributed by atoms with Crippen LogP contribution < -0.4 is 0 Å². The van der Waals surface area contributed by atoms with Crippen LogP contribution in [-0.4, -0.2) is 3.21 Å². The van der Waals surface area contributed by atoms with E-state index in [2.05, 4.69) is 153 Å². The minimum absolute atomic E-state index is 0.386. The molecule has 1 heteroatoms. The molecule has 0 saturated heterocycles. The summed E-state index contributed by atoms with van der Waals surface area (Å²) in [5.41, 5.74) is 11.4. The average Bonchev–Trinajstić information content (AvgIpc) is 3.69. The fraction of sp³-hybridized carbons (Fsp3) is 0.0976. The molecule has 1 atom stereocenters. The molecule has 0 bridgehead atoms. The van der Waals surface area contributed by atoms with Gasteiger partial charge < -0.3 is 0 Å². The van der Waals surface area contributed by atoms with E-state index in [9.17, 15) is 0 Å². The van der Waals surface area contributed by atoms with Gasteiger partial charge in [0.05, 0.1) is 0 Å². The first kappa shape index (κ1) is 25.8. The predicted molar refractivity (Wildman–Crippen MR) is 176 cm³/mol. The van der Waals surface area contributed by atoms with Crippen molar-refractivity contribution < 1.29 is 21.3 Å². The molecule has 2 aliphatic rings. The number of hydrogen-bond donors (Lipinski definition) is 0. The Morgan fingerprint density at radius 3 is 1.76 bits per heavy atom. The van der Waals surface area contributed by atoms with Crippen LogP contribution in [0.1, 0.15) is 43.4 Å². The molecule has 0 N–H and O–H groups in total. The van der Waals surface area contributed by atoms with Gasteiger partial charge in [-0.15, -0.1) is 0 Å². The van der Waals surface area contributed by atoms with E-state index < -0.39 is 21.3 Å². The first-order chi connectivity index (χ1) is 20.7. The summed E-state index contributed by atoms with van der Waals surface area (Å²) in [6.45, 7) is 4.39. The first-order valence-electron chi connectivity index (χ1n) is 15.0. The Balaban J connectivity index is 1.56. The minimum atomic E-state index is -2.74. The monoisotopic (exact) mass is 614 g/mol. The topological polar surface area (TPSA) is 0 Å². The number of allylic oxidation sites excluding steroid dienone is 4. The van der Waals surface area contributed by atoms with Gasteiger partial charge in [-0.05, 0) is 0 Å². The SMILES string of the molecule is Cc1ccc([C](c2ccc(C)cc2)=[Zr]([C]2=CC=CC2)[CH]2c3ccccc3-c3c2c2ccccc2c2ccccc32)cc1. The second-order valence-electron chi connectivity index (χ2n) is 11.7. The van der Waals surface area contributed by atoms with Gasteiger partial charge in [0.2, 0.25) is 0 Å². The van der Waals surface area contributed by atoms with E-state index >= 15 is 0 Å². The molecule has 8 rings (SSSR count). The summed E-state index contributed by atoms with van der Waals surface area (Å²) in [7, 11) is 0. The summed E-state index contributed by atoms with van der Waals surface area (Å²) < 4.78 is 3.67. The van der Waals surface area contributed by atoms with E-state index in [4.69, 9.17) is 0 Å². The van der Waals surface area contributed by atoms with Gasteiger partial charge in [0.25, 0.3) is 0 Å². The molecule has 200 valence electrons. The van der Waals surface area contributed by atoms with E-state index in [0.717, 1.165) is 6.42 Å². The third-order valence-electron chi connectivity index (χ3n) is 9.16. The van der Waals surface area contributed by atoms with Crippen molar-refractivity contribution in [3.63, 3.8) is 0 Å². The van der Waals surface area contributed by atoms with Crippen molar-refractivity contribution in [2.24, 2.45) is 0 Å². The maximum atomic E-state index is 2.47. The third-order valence-corrected chi connectivity index (χ3v) is 17.4. The standard InChI is InChI=1S/C21H13.C15H14.C5H5.Zr/c1-2-8-15-14(7-1)13-20-18-11-4-3-9-16(18)17-10-5-6-12-19(17)21(15)20;1-12-3-7-14(8-4-12)11-15-9-5-13(2)6-10-15;1-2-4-5-3-1;/h1-13H;3-10H,1-2H3;1-3H,4H2;. The zero-order valence-corrected chi connectivity index (χ0v) is 26.5. The Morgan fingerprint density at radius 1 is 0.595 bits per heavy atom. The summed E-state index contributed by atoms with van der Waals surface area (Å²) >= 11 is -2.74. The molecule has 1 unspecified atom stereocenters. The molecule has 6 aromatic carbocycles. The van der Waals surface area contributed by atoms with Crippen LogP contribution in [-0.2, 0) is 21.3 Å². The second kappa shape index (κ2) is 10.4. The summed E-state index contributed by atoms with van der Waals surface area (Å²) in [5.74, 6) is 0. The van der Waals surface area contributed by atoms with Gasteiger partial charge in [-0.25, -0.2) is 0 Å². The van der Waals surface area contributed by atoms with Crippen molar-refractivity contribution in [2.45, 2.75) is 23.9 Å². The number of aryl methyl sites for hydroxylation is 2. The van der Waals surface area contributed by atoms with Gasteiger partial charge in [0.15, 0.2) is 0 Å². The van der Waals surface area contributed by atoms with E-state index in [-0.39, 0.29) is 0 Å². The molecule has 0 heterocycles. The van der Waals surface area contributed by atoms with E-state index in [1.54, 1.807) is 12.1 Å². The van der Waals surface area contributed by atoms with Gasteiger partial charge in [-0.2, -0.15) is 0 Å². The Hall–Kier alpha value is -3.93.